The molecule has 0 aliphatic carbocycles. The molecule has 0 aliphatic rings. The number of rotatable bonds is 7. The largest absolute Gasteiger partial charge is 0.315 e. The van der Waals surface area contributed by atoms with Crippen molar-refractivity contribution in [1.29, 1.82) is 0 Å². The van der Waals surface area contributed by atoms with Crippen LogP contribution in [0.5, 0.6) is 0 Å². The van der Waals surface area contributed by atoms with Gasteiger partial charge in [0.1, 0.15) is 0 Å². The Morgan fingerprint density at radius 1 is 1.44 bits per heavy atom. The van der Waals surface area contributed by atoms with Crippen molar-refractivity contribution < 1.29 is 0 Å². The first kappa shape index (κ1) is 13.5. The van der Waals surface area contributed by atoms with Gasteiger partial charge in [0.15, 0.2) is 0 Å². The summed E-state index contributed by atoms with van der Waals surface area (Å²) in [5, 5.41) is 8.98. The smallest absolute Gasteiger partial charge is 0.0939 e. The molecular weight excluding hydrogens is 220 g/mol. The zero-order valence-corrected chi connectivity index (χ0v) is 11.5. The Morgan fingerprint density at radius 3 is 2.75 bits per heavy atom. The van der Waals surface area contributed by atoms with Crippen molar-refractivity contribution in [2.75, 3.05) is 39.5 Å². The van der Waals surface area contributed by atoms with Gasteiger partial charge < -0.3 is 10.2 Å². The second kappa shape index (κ2) is 6.93. The zero-order chi connectivity index (χ0) is 12.0. The molecule has 5 heteroatoms. The third-order valence-electron chi connectivity index (χ3n) is 2.22. The summed E-state index contributed by atoms with van der Waals surface area (Å²) >= 11 is 1.85. The van der Waals surface area contributed by atoms with Crippen LogP contribution in [0.25, 0.3) is 0 Å². The molecule has 0 aliphatic heterocycles. The maximum absolute atomic E-state index is 4.32. The molecule has 0 radical (unpaired) electrons. The van der Waals surface area contributed by atoms with Gasteiger partial charge >= 0.3 is 0 Å². The van der Waals surface area contributed by atoms with Gasteiger partial charge in [0.05, 0.1) is 10.7 Å². The highest BCUT2D eigenvalue weighted by atomic mass is 32.2. The van der Waals surface area contributed by atoms with E-state index in [2.05, 4.69) is 35.5 Å². The van der Waals surface area contributed by atoms with Gasteiger partial charge in [-0.2, -0.15) is 5.10 Å². The highest BCUT2D eigenvalue weighted by molar-refractivity contribution is 7.99. The highest BCUT2D eigenvalue weighted by Gasteiger charge is 2.01. The Bertz CT molecular complexity index is 309. The van der Waals surface area contributed by atoms with Crippen LogP contribution in [0.15, 0.2) is 11.1 Å². The minimum absolute atomic E-state index is 1.04. The minimum Gasteiger partial charge on any atom is -0.315 e. The van der Waals surface area contributed by atoms with Crippen LogP contribution in [0, 0.1) is 6.92 Å². The van der Waals surface area contributed by atoms with E-state index < -0.39 is 0 Å². The molecule has 0 bridgehead atoms. The highest BCUT2D eigenvalue weighted by Crippen LogP contribution is 2.17. The van der Waals surface area contributed by atoms with Crippen LogP contribution in [0.4, 0.5) is 0 Å². The molecular formula is C11H22N4S. The van der Waals surface area contributed by atoms with Gasteiger partial charge in [0, 0.05) is 32.4 Å². The van der Waals surface area contributed by atoms with Gasteiger partial charge in [-0.1, -0.05) is 0 Å². The molecule has 1 aromatic heterocycles. The lowest BCUT2D eigenvalue weighted by Crippen LogP contribution is -2.27. The summed E-state index contributed by atoms with van der Waals surface area (Å²) in [6.45, 7) is 5.22. The number of hydrogen-bond acceptors (Lipinski definition) is 4. The van der Waals surface area contributed by atoms with Crippen LogP contribution in [0.3, 0.4) is 0 Å². The predicted molar refractivity (Wildman–Crippen MR) is 70.1 cm³/mol. The standard InChI is InChI=1S/C11H22N4S/c1-10-9-11(15(4)13-10)16-8-6-12-5-7-14(2)3/h9,12H,5-8H2,1-4H3. The summed E-state index contributed by atoms with van der Waals surface area (Å²) in [7, 11) is 6.18. The molecule has 1 N–H and O–H groups in total. The molecule has 92 valence electrons. The molecule has 0 aromatic carbocycles. The van der Waals surface area contributed by atoms with E-state index in [1.807, 2.05) is 30.4 Å². The number of aromatic nitrogens is 2. The van der Waals surface area contributed by atoms with Gasteiger partial charge in [-0.25, -0.2) is 0 Å². The summed E-state index contributed by atoms with van der Waals surface area (Å²) in [5.74, 6) is 1.09. The average Bonchev–Trinajstić information content (AvgIpc) is 2.50. The first-order valence-electron chi connectivity index (χ1n) is 5.58. The summed E-state index contributed by atoms with van der Waals surface area (Å²) in [6, 6.07) is 2.13. The zero-order valence-electron chi connectivity index (χ0n) is 10.7. The summed E-state index contributed by atoms with van der Waals surface area (Å²) in [6.07, 6.45) is 0. The molecule has 1 rings (SSSR count). The number of thioether (sulfide) groups is 1. The fourth-order valence-corrected chi connectivity index (χ4v) is 2.31. The lowest BCUT2D eigenvalue weighted by Gasteiger charge is -2.09. The molecule has 0 amide bonds. The Kier molecular flexibility index (Phi) is 5.87. The van der Waals surface area contributed by atoms with Crippen LogP contribution in [0.2, 0.25) is 0 Å². The summed E-state index contributed by atoms with van der Waals surface area (Å²) < 4.78 is 1.94. The number of nitrogens with zero attached hydrogens (tertiary/aromatic N) is 3. The van der Waals surface area contributed by atoms with Gasteiger partial charge in [0.25, 0.3) is 0 Å². The Balaban J connectivity index is 2.09. The van der Waals surface area contributed by atoms with E-state index in [0.717, 1.165) is 31.1 Å². The quantitative estimate of drug-likeness (QED) is 0.570. The summed E-state index contributed by atoms with van der Waals surface area (Å²) in [4.78, 5) is 2.19. The van der Waals surface area contributed by atoms with E-state index in [-0.39, 0.29) is 0 Å². The first-order chi connectivity index (χ1) is 7.59. The third kappa shape index (κ3) is 5.01. The molecule has 0 spiro atoms. The van der Waals surface area contributed by atoms with E-state index in [1.165, 1.54) is 5.03 Å². The van der Waals surface area contributed by atoms with E-state index in [1.54, 1.807) is 0 Å². The SMILES string of the molecule is Cc1cc(SCCNCCN(C)C)n(C)n1. The number of likely N-dealkylation sites (N-methyl/N-ethyl adjacent to an activating group) is 1. The molecule has 0 atom stereocenters. The van der Waals surface area contributed by atoms with Crippen LogP contribution in [-0.2, 0) is 7.05 Å². The lowest BCUT2D eigenvalue weighted by molar-refractivity contribution is 0.403. The second-order valence-electron chi connectivity index (χ2n) is 4.15. The van der Waals surface area contributed by atoms with Gasteiger partial charge in [-0.05, 0) is 27.1 Å². The fourth-order valence-electron chi connectivity index (χ4n) is 1.38. The Labute approximate surface area is 102 Å². The fraction of sp³-hybridized carbons (Fsp3) is 0.727. The minimum atomic E-state index is 1.04. The van der Waals surface area contributed by atoms with Gasteiger partial charge in [0.2, 0.25) is 0 Å². The predicted octanol–water partition coefficient (Wildman–Crippen LogP) is 0.972. The molecule has 0 saturated heterocycles. The number of nitrogens with one attached hydrogen (secondary N) is 1. The molecule has 0 saturated carbocycles. The normalized spacial score (nSPS) is 11.3. The van der Waals surface area contributed by atoms with Crippen molar-refractivity contribution in [1.82, 2.24) is 20.0 Å². The van der Waals surface area contributed by atoms with Crippen LogP contribution in [-0.4, -0.2) is 54.2 Å². The van der Waals surface area contributed by atoms with Crippen molar-refractivity contribution in [3.63, 3.8) is 0 Å². The average molecular weight is 242 g/mol. The maximum atomic E-state index is 4.32. The van der Waals surface area contributed by atoms with Crippen molar-refractivity contribution in [3.05, 3.63) is 11.8 Å². The maximum Gasteiger partial charge on any atom is 0.0939 e. The molecule has 16 heavy (non-hydrogen) atoms. The topological polar surface area (TPSA) is 33.1 Å². The molecule has 0 unspecified atom stereocenters. The molecule has 1 heterocycles. The van der Waals surface area contributed by atoms with E-state index >= 15 is 0 Å². The number of aryl methyl sites for hydroxylation is 2. The lowest BCUT2D eigenvalue weighted by atomic mass is 10.5. The van der Waals surface area contributed by atoms with Crippen LogP contribution in [0.1, 0.15) is 5.69 Å². The molecule has 0 fully saturated rings. The van der Waals surface area contributed by atoms with Crippen molar-refractivity contribution in [2.45, 2.75) is 11.9 Å². The Morgan fingerprint density at radius 2 is 2.19 bits per heavy atom. The van der Waals surface area contributed by atoms with Crippen molar-refractivity contribution in [2.24, 2.45) is 7.05 Å². The van der Waals surface area contributed by atoms with Crippen LogP contribution >= 0.6 is 11.8 Å². The van der Waals surface area contributed by atoms with Crippen molar-refractivity contribution >= 4 is 11.8 Å². The van der Waals surface area contributed by atoms with E-state index in [9.17, 15) is 0 Å². The van der Waals surface area contributed by atoms with E-state index in [4.69, 9.17) is 0 Å². The molecule has 1 aromatic rings. The monoisotopic (exact) mass is 242 g/mol. The van der Waals surface area contributed by atoms with E-state index in [0.29, 0.717) is 0 Å². The first-order valence-corrected chi connectivity index (χ1v) is 6.57. The molecule has 4 nitrogen and oxygen atoms in total. The van der Waals surface area contributed by atoms with Crippen molar-refractivity contribution in [3.8, 4) is 0 Å². The second-order valence-corrected chi connectivity index (χ2v) is 5.26. The summed E-state index contributed by atoms with van der Waals surface area (Å²) in [5.41, 5.74) is 1.09. The third-order valence-corrected chi connectivity index (χ3v) is 3.31. The van der Waals surface area contributed by atoms with Gasteiger partial charge in [-0.15, -0.1) is 11.8 Å². The Hall–Kier alpha value is -0.520. The van der Waals surface area contributed by atoms with Crippen LogP contribution < -0.4 is 5.32 Å². The van der Waals surface area contributed by atoms with Gasteiger partial charge in [-0.3, -0.25) is 4.68 Å². The number of hydrogen-bond donors (Lipinski definition) is 1.